The van der Waals surface area contributed by atoms with Gasteiger partial charge in [-0.15, -0.1) is 0 Å². The van der Waals surface area contributed by atoms with E-state index in [1.54, 1.807) is 31.4 Å². The lowest BCUT2D eigenvalue weighted by atomic mass is 10.0. The Bertz CT molecular complexity index is 1040. The van der Waals surface area contributed by atoms with Gasteiger partial charge in [-0.1, -0.05) is 0 Å². The molecular formula is C26H34N4O5. The predicted octanol–water partition coefficient (Wildman–Crippen LogP) is 4.23. The van der Waals surface area contributed by atoms with E-state index in [2.05, 4.69) is 10.4 Å². The summed E-state index contributed by atoms with van der Waals surface area (Å²) in [5.41, 5.74) is 2.77. The largest absolute Gasteiger partial charge is 0.493 e. The number of anilines is 1. The van der Waals surface area contributed by atoms with Gasteiger partial charge in [-0.05, 0) is 82.7 Å². The van der Waals surface area contributed by atoms with Crippen LogP contribution in [-0.2, 0) is 4.74 Å². The summed E-state index contributed by atoms with van der Waals surface area (Å²) in [6.07, 6.45) is 1.82. The molecule has 188 valence electrons. The van der Waals surface area contributed by atoms with E-state index in [9.17, 15) is 9.59 Å². The zero-order valence-corrected chi connectivity index (χ0v) is 20.9. The van der Waals surface area contributed by atoms with Crippen LogP contribution in [0.15, 0.2) is 47.6 Å². The van der Waals surface area contributed by atoms with Gasteiger partial charge in [0.2, 0.25) is 0 Å². The highest BCUT2D eigenvalue weighted by molar-refractivity contribution is 6.03. The summed E-state index contributed by atoms with van der Waals surface area (Å²) in [4.78, 5) is 27.0. The van der Waals surface area contributed by atoms with Gasteiger partial charge in [0, 0.05) is 29.9 Å². The van der Waals surface area contributed by atoms with Crippen molar-refractivity contribution in [3.8, 4) is 11.5 Å². The molecule has 9 nitrogen and oxygen atoms in total. The second kappa shape index (κ2) is 12.8. The van der Waals surface area contributed by atoms with Crippen molar-refractivity contribution in [2.24, 2.45) is 5.10 Å². The van der Waals surface area contributed by atoms with Gasteiger partial charge in [0.1, 0.15) is 0 Å². The van der Waals surface area contributed by atoms with Gasteiger partial charge in [-0.3, -0.25) is 10.1 Å². The second-order valence-corrected chi connectivity index (χ2v) is 8.37. The third kappa shape index (κ3) is 7.45. The number of benzene rings is 2. The Morgan fingerprint density at radius 2 is 1.89 bits per heavy atom. The highest BCUT2D eigenvalue weighted by Gasteiger charge is 2.21. The molecule has 0 saturated carbocycles. The van der Waals surface area contributed by atoms with Gasteiger partial charge < -0.3 is 19.1 Å². The maximum atomic E-state index is 13.1. The molecule has 2 aromatic rings. The van der Waals surface area contributed by atoms with E-state index in [0.29, 0.717) is 42.5 Å². The Morgan fingerprint density at radius 3 is 2.57 bits per heavy atom. The van der Waals surface area contributed by atoms with E-state index in [0.717, 1.165) is 37.1 Å². The Kier molecular flexibility index (Phi) is 9.48. The molecule has 9 heteroatoms. The van der Waals surface area contributed by atoms with Gasteiger partial charge in [-0.2, -0.15) is 5.10 Å². The van der Waals surface area contributed by atoms with Crippen molar-refractivity contribution >= 4 is 23.4 Å². The van der Waals surface area contributed by atoms with E-state index in [4.69, 9.17) is 14.2 Å². The minimum atomic E-state index is -0.515. The molecule has 1 N–H and O–H groups in total. The minimum absolute atomic E-state index is 0.196. The van der Waals surface area contributed by atoms with Crippen LogP contribution in [0, 0.1) is 0 Å². The van der Waals surface area contributed by atoms with Crippen molar-refractivity contribution in [1.82, 2.24) is 9.91 Å². The maximum absolute atomic E-state index is 13.1. The Labute approximate surface area is 206 Å². The van der Waals surface area contributed by atoms with E-state index in [1.165, 1.54) is 5.01 Å². The number of rotatable bonds is 10. The highest BCUT2D eigenvalue weighted by atomic mass is 16.5. The average molecular weight is 483 g/mol. The van der Waals surface area contributed by atoms with Gasteiger partial charge in [-0.25, -0.2) is 9.80 Å². The summed E-state index contributed by atoms with van der Waals surface area (Å²) in [6, 6.07) is 12.4. The van der Waals surface area contributed by atoms with Crippen LogP contribution in [-0.4, -0.2) is 75.1 Å². The lowest BCUT2D eigenvalue weighted by molar-refractivity contribution is 0.0751. The monoisotopic (exact) mass is 482 g/mol. The van der Waals surface area contributed by atoms with Crippen molar-refractivity contribution in [2.45, 2.75) is 26.2 Å². The van der Waals surface area contributed by atoms with E-state index in [-0.39, 0.29) is 5.91 Å². The summed E-state index contributed by atoms with van der Waals surface area (Å²) in [6.45, 7) is 4.17. The van der Waals surface area contributed by atoms with E-state index in [1.807, 2.05) is 44.1 Å². The molecule has 2 amide bonds. The molecule has 0 aromatic heterocycles. The molecule has 2 aromatic carbocycles. The van der Waals surface area contributed by atoms with Crippen molar-refractivity contribution < 1.29 is 23.8 Å². The molecule has 35 heavy (non-hydrogen) atoms. The summed E-state index contributed by atoms with van der Waals surface area (Å²) in [5.74, 6) is 1.11. The molecule has 0 bridgehead atoms. The quantitative estimate of drug-likeness (QED) is 0.510. The third-order valence-corrected chi connectivity index (χ3v) is 5.42. The summed E-state index contributed by atoms with van der Waals surface area (Å²) in [5, 5.41) is 8.79. The molecule has 1 aliphatic heterocycles. The summed E-state index contributed by atoms with van der Waals surface area (Å²) >= 11 is 0. The average Bonchev–Trinajstić information content (AvgIpc) is 2.87. The van der Waals surface area contributed by atoms with Crippen molar-refractivity contribution in [2.75, 3.05) is 52.8 Å². The number of hydrazone groups is 1. The number of hydrogen-bond donors (Lipinski definition) is 1. The fourth-order valence-electron chi connectivity index (χ4n) is 3.66. The molecule has 0 atom stereocenters. The molecule has 0 saturated heterocycles. The van der Waals surface area contributed by atoms with Crippen molar-refractivity contribution in [1.29, 1.82) is 0 Å². The van der Waals surface area contributed by atoms with Gasteiger partial charge in [0.15, 0.2) is 11.5 Å². The molecule has 3 rings (SSSR count). The number of methoxy groups -OCH3 is 1. The zero-order valence-electron chi connectivity index (χ0n) is 20.9. The topological polar surface area (TPSA) is 92.7 Å². The van der Waals surface area contributed by atoms with E-state index >= 15 is 0 Å². The number of amides is 2. The fourth-order valence-corrected chi connectivity index (χ4v) is 3.66. The number of hydrogen-bond acceptors (Lipinski definition) is 7. The summed E-state index contributed by atoms with van der Waals surface area (Å²) < 4.78 is 16.2. The number of carbonyl (C=O) groups is 2. The smallest absolute Gasteiger partial charge is 0.411 e. The molecule has 0 unspecified atom stereocenters. The normalized spacial score (nSPS) is 13.3. The molecular weight excluding hydrogens is 448 g/mol. The highest BCUT2D eigenvalue weighted by Crippen LogP contribution is 2.29. The molecule has 0 spiro atoms. The zero-order chi connectivity index (χ0) is 25.2. The standard InChI is InChI=1S/C26H34N4O5/c1-5-34-24-18-20(11-14-23(24)33-4)22-8-6-16-30(28-22)25(31)19-9-12-21(13-10-19)27-26(32)35-17-7-15-29(2)3/h9-14,18H,5-8,15-17H2,1-4H3,(H,27,32). The fraction of sp³-hybridized carbons (Fsp3) is 0.423. The Balaban J connectivity index is 1.63. The lowest BCUT2D eigenvalue weighted by Crippen LogP contribution is -2.32. The predicted molar refractivity (Wildman–Crippen MR) is 136 cm³/mol. The molecule has 0 aliphatic carbocycles. The van der Waals surface area contributed by atoms with Crippen LogP contribution < -0.4 is 14.8 Å². The lowest BCUT2D eigenvalue weighted by Gasteiger charge is -2.24. The first-order chi connectivity index (χ1) is 16.9. The van der Waals surface area contributed by atoms with Crippen LogP contribution in [0.1, 0.15) is 42.1 Å². The van der Waals surface area contributed by atoms with Crippen LogP contribution >= 0.6 is 0 Å². The van der Waals surface area contributed by atoms with Gasteiger partial charge >= 0.3 is 6.09 Å². The van der Waals surface area contributed by atoms with Crippen LogP contribution in [0.2, 0.25) is 0 Å². The number of nitrogens with one attached hydrogen (secondary N) is 1. The Morgan fingerprint density at radius 1 is 1.11 bits per heavy atom. The Hall–Kier alpha value is -3.59. The van der Waals surface area contributed by atoms with Crippen molar-refractivity contribution in [3.05, 3.63) is 53.6 Å². The third-order valence-electron chi connectivity index (χ3n) is 5.42. The van der Waals surface area contributed by atoms with Crippen molar-refractivity contribution in [3.63, 3.8) is 0 Å². The van der Waals surface area contributed by atoms with Gasteiger partial charge in [0.25, 0.3) is 5.91 Å². The SMILES string of the molecule is CCOc1cc(C2=NN(C(=O)c3ccc(NC(=O)OCCCN(C)C)cc3)CCC2)ccc1OC. The van der Waals surface area contributed by atoms with Crippen LogP contribution in [0.5, 0.6) is 11.5 Å². The first-order valence-electron chi connectivity index (χ1n) is 11.8. The maximum Gasteiger partial charge on any atom is 0.411 e. The van der Waals surface area contributed by atoms with E-state index < -0.39 is 6.09 Å². The number of ether oxygens (including phenoxy) is 3. The molecule has 1 heterocycles. The van der Waals surface area contributed by atoms with Gasteiger partial charge in [0.05, 0.1) is 26.0 Å². The van der Waals surface area contributed by atoms with Crippen LogP contribution in [0.4, 0.5) is 10.5 Å². The molecule has 0 radical (unpaired) electrons. The van der Waals surface area contributed by atoms with Crippen LogP contribution in [0.25, 0.3) is 0 Å². The summed E-state index contributed by atoms with van der Waals surface area (Å²) in [7, 11) is 5.54. The first kappa shape index (κ1) is 26.0. The molecule has 0 fully saturated rings. The molecule has 1 aliphatic rings. The van der Waals surface area contributed by atoms with Crippen LogP contribution in [0.3, 0.4) is 0 Å². The number of carbonyl (C=O) groups excluding carboxylic acids is 2. The number of nitrogens with zero attached hydrogens (tertiary/aromatic N) is 3. The second-order valence-electron chi connectivity index (χ2n) is 8.37. The first-order valence-corrected chi connectivity index (χ1v) is 11.8. The minimum Gasteiger partial charge on any atom is -0.493 e.